The largest absolute Gasteiger partial charge is 0.482 e. The molecule has 0 heterocycles. The maximum Gasteiger partial charge on any atom is 0.258 e. The Hall–Kier alpha value is -2.04. The Morgan fingerprint density at radius 3 is 2.43 bits per heavy atom. The summed E-state index contributed by atoms with van der Waals surface area (Å²) in [6, 6.07) is 17.0. The summed E-state index contributed by atoms with van der Waals surface area (Å²) >= 11 is 6.02. The van der Waals surface area contributed by atoms with E-state index in [0.29, 0.717) is 10.8 Å². The number of nitrogens with one attached hydrogen (secondary N) is 2. The van der Waals surface area contributed by atoms with E-state index in [1.165, 1.54) is 4.90 Å². The first kappa shape index (κ1) is 17.3. The number of amides is 1. The van der Waals surface area contributed by atoms with E-state index in [4.69, 9.17) is 16.3 Å². The highest BCUT2D eigenvalue weighted by molar-refractivity contribution is 6.32. The van der Waals surface area contributed by atoms with E-state index in [1.807, 2.05) is 42.5 Å². The molecule has 2 N–H and O–H groups in total. The molecule has 0 fully saturated rings. The highest BCUT2D eigenvalue weighted by Gasteiger charge is 2.18. The average Bonchev–Trinajstić information content (AvgIpc) is 2.54. The number of halogens is 1. The first-order chi connectivity index (χ1) is 11.1. The van der Waals surface area contributed by atoms with Crippen molar-refractivity contribution in [3.05, 3.63) is 65.2 Å². The smallest absolute Gasteiger partial charge is 0.258 e. The van der Waals surface area contributed by atoms with Gasteiger partial charge >= 0.3 is 0 Å². The zero-order chi connectivity index (χ0) is 16.7. The van der Waals surface area contributed by atoms with Crippen LogP contribution in [0.1, 0.15) is 11.6 Å². The Labute approximate surface area is 142 Å². The van der Waals surface area contributed by atoms with E-state index in [-0.39, 0.29) is 18.6 Å². The van der Waals surface area contributed by atoms with Crippen LogP contribution in [0.3, 0.4) is 0 Å². The minimum Gasteiger partial charge on any atom is -0.482 e. The van der Waals surface area contributed by atoms with E-state index >= 15 is 0 Å². The molecule has 0 spiro atoms. The van der Waals surface area contributed by atoms with Gasteiger partial charge in [0.2, 0.25) is 0 Å². The molecule has 1 atom stereocenters. The Bertz CT molecular complexity index is 632. The van der Waals surface area contributed by atoms with Gasteiger partial charge in [-0.1, -0.05) is 54.1 Å². The monoisotopic (exact) mass is 333 g/mol. The van der Waals surface area contributed by atoms with Gasteiger partial charge in [-0.25, -0.2) is 0 Å². The lowest BCUT2D eigenvalue weighted by molar-refractivity contribution is -0.860. The summed E-state index contributed by atoms with van der Waals surface area (Å²) in [4.78, 5) is 13.5. The van der Waals surface area contributed by atoms with Gasteiger partial charge in [0, 0.05) is 0 Å². The fourth-order valence-electron chi connectivity index (χ4n) is 2.29. The van der Waals surface area contributed by atoms with Crippen LogP contribution in [0.4, 0.5) is 0 Å². The zero-order valence-corrected chi connectivity index (χ0v) is 14.1. The van der Waals surface area contributed by atoms with Crippen LogP contribution in [-0.4, -0.2) is 33.2 Å². The van der Waals surface area contributed by atoms with Crippen LogP contribution in [0.15, 0.2) is 54.6 Å². The third-order valence-electron chi connectivity index (χ3n) is 3.34. The molecular weight excluding hydrogens is 312 g/mol. The molecule has 0 aliphatic carbocycles. The van der Waals surface area contributed by atoms with E-state index in [0.717, 1.165) is 12.1 Å². The third kappa shape index (κ3) is 5.58. The molecule has 0 radical (unpaired) electrons. The maximum absolute atomic E-state index is 12.2. The summed E-state index contributed by atoms with van der Waals surface area (Å²) in [6.45, 7) is 0.734. The van der Waals surface area contributed by atoms with Gasteiger partial charge in [-0.3, -0.25) is 4.79 Å². The van der Waals surface area contributed by atoms with Crippen molar-refractivity contribution in [2.24, 2.45) is 0 Å². The van der Waals surface area contributed by atoms with Gasteiger partial charge in [-0.15, -0.1) is 0 Å². The normalized spacial score (nSPS) is 12.0. The molecule has 0 aromatic heterocycles. The molecule has 1 amide bonds. The molecular formula is C18H22ClN2O2+. The van der Waals surface area contributed by atoms with Crippen molar-refractivity contribution in [1.82, 2.24) is 5.32 Å². The highest BCUT2D eigenvalue weighted by Crippen LogP contribution is 2.22. The number of para-hydroxylation sites is 1. The summed E-state index contributed by atoms with van der Waals surface area (Å²) in [7, 11) is 4.12. The summed E-state index contributed by atoms with van der Waals surface area (Å²) in [5.41, 5.74) is 1.08. The molecule has 122 valence electrons. The first-order valence-electron chi connectivity index (χ1n) is 7.57. The molecule has 4 nitrogen and oxygen atoms in total. The van der Waals surface area contributed by atoms with Gasteiger partial charge in [0.25, 0.3) is 5.91 Å². The Morgan fingerprint density at radius 1 is 1.13 bits per heavy atom. The van der Waals surface area contributed by atoms with Crippen LogP contribution < -0.4 is 15.0 Å². The molecule has 23 heavy (non-hydrogen) atoms. The number of carbonyl (C=O) groups excluding carboxylic acids is 1. The number of carbonyl (C=O) groups is 1. The van der Waals surface area contributed by atoms with Gasteiger partial charge in [0.1, 0.15) is 18.3 Å². The van der Waals surface area contributed by atoms with Gasteiger partial charge in [0.15, 0.2) is 6.61 Å². The number of benzene rings is 2. The van der Waals surface area contributed by atoms with Gasteiger partial charge in [-0.2, -0.15) is 0 Å². The number of quaternary nitrogens is 1. The van der Waals surface area contributed by atoms with Crippen LogP contribution in [0.5, 0.6) is 5.75 Å². The summed E-state index contributed by atoms with van der Waals surface area (Å²) in [6.07, 6.45) is 0. The molecule has 0 aliphatic rings. The molecule has 0 aliphatic heterocycles. The van der Waals surface area contributed by atoms with Crippen molar-refractivity contribution in [3.8, 4) is 5.75 Å². The Balaban J connectivity index is 1.96. The molecule has 0 unspecified atom stereocenters. The SMILES string of the molecule is C[NH+](C)C[C@H](NC(=O)COc1ccccc1Cl)c1ccccc1. The first-order valence-corrected chi connectivity index (χ1v) is 7.94. The Morgan fingerprint density at radius 2 is 1.78 bits per heavy atom. The summed E-state index contributed by atoms with van der Waals surface area (Å²) in [5.74, 6) is 0.346. The van der Waals surface area contributed by atoms with Crippen molar-refractivity contribution in [2.75, 3.05) is 27.2 Å². The third-order valence-corrected chi connectivity index (χ3v) is 3.66. The van der Waals surface area contributed by atoms with Crippen molar-refractivity contribution >= 4 is 17.5 Å². The zero-order valence-electron chi connectivity index (χ0n) is 13.4. The fraction of sp³-hybridized carbons (Fsp3) is 0.278. The molecule has 5 heteroatoms. The molecule has 0 saturated carbocycles. The quantitative estimate of drug-likeness (QED) is 0.810. The number of hydrogen-bond donors (Lipinski definition) is 2. The summed E-state index contributed by atoms with van der Waals surface area (Å²) in [5, 5.41) is 3.52. The van der Waals surface area contributed by atoms with Crippen LogP contribution in [0.25, 0.3) is 0 Å². The van der Waals surface area contributed by atoms with Gasteiger partial charge in [-0.05, 0) is 17.7 Å². The lowest BCUT2D eigenvalue weighted by Crippen LogP contribution is -3.06. The lowest BCUT2D eigenvalue weighted by atomic mass is 10.1. The molecule has 2 aromatic carbocycles. The second-order valence-electron chi connectivity index (χ2n) is 5.66. The highest BCUT2D eigenvalue weighted by atomic mass is 35.5. The molecule has 2 aromatic rings. The van der Waals surface area contributed by atoms with Crippen LogP contribution >= 0.6 is 11.6 Å². The second kappa shape index (κ2) is 8.56. The Kier molecular flexibility index (Phi) is 6.44. The minimum atomic E-state index is -0.167. The van der Waals surface area contributed by atoms with Crippen LogP contribution in [0, 0.1) is 0 Å². The minimum absolute atomic E-state index is 0.0523. The van der Waals surface area contributed by atoms with E-state index in [2.05, 4.69) is 19.4 Å². The number of hydrogen-bond acceptors (Lipinski definition) is 2. The van der Waals surface area contributed by atoms with E-state index in [1.54, 1.807) is 12.1 Å². The van der Waals surface area contributed by atoms with Gasteiger partial charge < -0.3 is 15.0 Å². The summed E-state index contributed by atoms with van der Waals surface area (Å²) < 4.78 is 5.49. The van der Waals surface area contributed by atoms with Crippen LogP contribution in [-0.2, 0) is 4.79 Å². The molecule has 2 rings (SSSR count). The second-order valence-corrected chi connectivity index (χ2v) is 6.07. The maximum atomic E-state index is 12.2. The number of likely N-dealkylation sites (N-methyl/N-ethyl adjacent to an activating group) is 1. The molecule has 0 saturated heterocycles. The van der Waals surface area contributed by atoms with Crippen molar-refractivity contribution < 1.29 is 14.4 Å². The van der Waals surface area contributed by atoms with Crippen molar-refractivity contribution in [3.63, 3.8) is 0 Å². The van der Waals surface area contributed by atoms with Crippen molar-refractivity contribution in [2.45, 2.75) is 6.04 Å². The molecule has 0 bridgehead atoms. The average molecular weight is 334 g/mol. The van der Waals surface area contributed by atoms with Crippen LogP contribution in [0.2, 0.25) is 5.02 Å². The van der Waals surface area contributed by atoms with Gasteiger partial charge in [0.05, 0.1) is 19.1 Å². The predicted molar refractivity (Wildman–Crippen MR) is 92.0 cm³/mol. The number of ether oxygens (including phenoxy) is 1. The predicted octanol–water partition coefficient (Wildman–Crippen LogP) is 1.72. The van der Waals surface area contributed by atoms with Crippen molar-refractivity contribution in [1.29, 1.82) is 0 Å². The lowest BCUT2D eigenvalue weighted by Gasteiger charge is -2.21. The fourth-order valence-corrected chi connectivity index (χ4v) is 2.48. The number of rotatable bonds is 7. The topological polar surface area (TPSA) is 42.8 Å². The van der Waals surface area contributed by atoms with E-state index < -0.39 is 0 Å². The standard InChI is InChI=1S/C18H21ClN2O2/c1-21(2)12-16(14-8-4-3-5-9-14)20-18(22)13-23-17-11-7-6-10-15(17)19/h3-11,16H,12-13H2,1-2H3,(H,20,22)/p+1/t16-/m0/s1. The van der Waals surface area contributed by atoms with E-state index in [9.17, 15) is 4.79 Å².